The lowest BCUT2D eigenvalue weighted by molar-refractivity contribution is -0.121. The van der Waals surface area contributed by atoms with Crippen molar-refractivity contribution in [3.8, 4) is 0 Å². The van der Waals surface area contributed by atoms with E-state index in [9.17, 15) is 9.59 Å². The summed E-state index contributed by atoms with van der Waals surface area (Å²) < 4.78 is 1.02. The monoisotopic (exact) mass is 409 g/mol. The number of nitrogens with one attached hydrogen (secondary N) is 3. The van der Waals surface area contributed by atoms with Crippen molar-refractivity contribution in [2.45, 2.75) is 70.5 Å². The summed E-state index contributed by atoms with van der Waals surface area (Å²) in [4.78, 5) is 24.3. The maximum Gasteiger partial charge on any atom is 0.321 e. The van der Waals surface area contributed by atoms with Crippen LogP contribution in [0.1, 0.15) is 64.0 Å². The summed E-state index contributed by atoms with van der Waals surface area (Å²) in [5.74, 6) is -0.302. The number of imide groups is 1. The van der Waals surface area contributed by atoms with Gasteiger partial charge in [-0.05, 0) is 43.9 Å². The van der Waals surface area contributed by atoms with E-state index >= 15 is 0 Å². The van der Waals surface area contributed by atoms with Crippen LogP contribution in [0.4, 0.5) is 4.79 Å². The topological polar surface area (TPSA) is 70.2 Å². The molecule has 3 N–H and O–H groups in total. The van der Waals surface area contributed by atoms with Crippen LogP contribution in [-0.4, -0.2) is 24.0 Å². The summed E-state index contributed by atoms with van der Waals surface area (Å²) in [7, 11) is 0. The zero-order valence-electron chi connectivity index (χ0n) is 15.0. The third-order valence-electron chi connectivity index (χ3n) is 4.70. The SMILES string of the molecule is CC[C@@H](N[C@H](C)C(=O)NC(=O)NC1CCCCC1)c1ccc(Br)cc1. The summed E-state index contributed by atoms with van der Waals surface area (Å²) >= 11 is 3.43. The van der Waals surface area contributed by atoms with Gasteiger partial charge in [-0.15, -0.1) is 0 Å². The van der Waals surface area contributed by atoms with Gasteiger partial charge in [-0.3, -0.25) is 15.4 Å². The molecule has 0 radical (unpaired) electrons. The number of benzene rings is 1. The highest BCUT2D eigenvalue weighted by Crippen LogP contribution is 2.20. The number of amides is 3. The van der Waals surface area contributed by atoms with Crippen molar-refractivity contribution in [3.05, 3.63) is 34.3 Å². The Morgan fingerprint density at radius 1 is 1.16 bits per heavy atom. The van der Waals surface area contributed by atoms with Gasteiger partial charge in [-0.25, -0.2) is 4.79 Å². The van der Waals surface area contributed by atoms with Gasteiger partial charge in [0, 0.05) is 16.6 Å². The first-order valence-corrected chi connectivity index (χ1v) is 9.91. The standard InChI is InChI=1S/C19H28BrN3O2/c1-3-17(14-9-11-15(20)12-10-14)21-13(2)18(24)23-19(25)22-16-7-5-4-6-8-16/h9-13,16-17,21H,3-8H2,1-2H3,(H2,22,23,24,25)/t13-,17-/m1/s1. The number of urea groups is 1. The average molecular weight is 410 g/mol. The van der Waals surface area contributed by atoms with Crippen LogP contribution in [0.5, 0.6) is 0 Å². The fraction of sp³-hybridized carbons (Fsp3) is 0.579. The van der Waals surface area contributed by atoms with Crippen LogP contribution in [0.2, 0.25) is 0 Å². The molecule has 6 heteroatoms. The van der Waals surface area contributed by atoms with E-state index in [1.165, 1.54) is 6.42 Å². The van der Waals surface area contributed by atoms with E-state index in [1.807, 2.05) is 24.3 Å². The molecule has 2 rings (SSSR count). The van der Waals surface area contributed by atoms with Crippen LogP contribution < -0.4 is 16.0 Å². The smallest absolute Gasteiger partial charge is 0.321 e. The first-order valence-electron chi connectivity index (χ1n) is 9.12. The van der Waals surface area contributed by atoms with Gasteiger partial charge < -0.3 is 5.32 Å². The van der Waals surface area contributed by atoms with Gasteiger partial charge in [0.1, 0.15) is 0 Å². The molecule has 5 nitrogen and oxygen atoms in total. The van der Waals surface area contributed by atoms with Crippen molar-refractivity contribution in [2.24, 2.45) is 0 Å². The molecule has 25 heavy (non-hydrogen) atoms. The number of rotatable bonds is 6. The Kier molecular flexibility index (Phi) is 7.90. The average Bonchev–Trinajstić information content (AvgIpc) is 2.61. The molecule has 0 bridgehead atoms. The summed E-state index contributed by atoms with van der Waals surface area (Å²) in [5, 5.41) is 8.67. The molecule has 1 aromatic rings. The van der Waals surface area contributed by atoms with Gasteiger partial charge in [-0.2, -0.15) is 0 Å². The minimum atomic E-state index is -0.453. The van der Waals surface area contributed by atoms with E-state index in [2.05, 4.69) is 38.8 Å². The molecule has 1 saturated carbocycles. The number of carbonyl (C=O) groups excluding carboxylic acids is 2. The zero-order chi connectivity index (χ0) is 18.2. The second-order valence-electron chi connectivity index (χ2n) is 6.70. The summed E-state index contributed by atoms with van der Waals surface area (Å²) in [6.45, 7) is 3.85. The third kappa shape index (κ3) is 6.44. The van der Waals surface area contributed by atoms with Crippen molar-refractivity contribution in [1.82, 2.24) is 16.0 Å². The quantitative estimate of drug-likeness (QED) is 0.663. The maximum atomic E-state index is 12.3. The number of halogens is 1. The number of hydrogen-bond acceptors (Lipinski definition) is 3. The number of carbonyl (C=O) groups is 2. The fourth-order valence-corrected chi connectivity index (χ4v) is 3.48. The van der Waals surface area contributed by atoms with Crippen molar-refractivity contribution in [3.63, 3.8) is 0 Å². The normalized spacial score (nSPS) is 17.6. The first-order chi connectivity index (χ1) is 12.0. The zero-order valence-corrected chi connectivity index (χ0v) is 16.6. The lowest BCUT2D eigenvalue weighted by atomic mass is 9.96. The molecule has 0 spiro atoms. The molecular formula is C19H28BrN3O2. The Hall–Kier alpha value is -1.40. The Labute approximate surface area is 158 Å². The molecular weight excluding hydrogens is 382 g/mol. The van der Waals surface area contributed by atoms with Crippen LogP contribution >= 0.6 is 15.9 Å². The van der Waals surface area contributed by atoms with E-state index in [0.29, 0.717) is 0 Å². The molecule has 1 aromatic carbocycles. The molecule has 0 heterocycles. The molecule has 0 unspecified atom stereocenters. The van der Waals surface area contributed by atoms with Crippen LogP contribution in [0, 0.1) is 0 Å². The van der Waals surface area contributed by atoms with Gasteiger partial charge in [0.15, 0.2) is 0 Å². The Balaban J connectivity index is 1.83. The highest BCUT2D eigenvalue weighted by atomic mass is 79.9. The molecule has 2 atom stereocenters. The maximum absolute atomic E-state index is 12.3. The van der Waals surface area contributed by atoms with E-state index < -0.39 is 6.04 Å². The van der Waals surface area contributed by atoms with Crippen molar-refractivity contribution in [2.75, 3.05) is 0 Å². The molecule has 0 aliphatic heterocycles. The summed E-state index contributed by atoms with van der Waals surface area (Å²) in [5.41, 5.74) is 1.12. The lowest BCUT2D eigenvalue weighted by Gasteiger charge is -2.24. The van der Waals surface area contributed by atoms with Gasteiger partial charge >= 0.3 is 6.03 Å². The molecule has 0 saturated heterocycles. The van der Waals surface area contributed by atoms with Crippen molar-refractivity contribution in [1.29, 1.82) is 0 Å². The van der Waals surface area contributed by atoms with Crippen LogP contribution in [0.15, 0.2) is 28.7 Å². The second-order valence-corrected chi connectivity index (χ2v) is 7.61. The fourth-order valence-electron chi connectivity index (χ4n) is 3.21. The Morgan fingerprint density at radius 3 is 2.40 bits per heavy atom. The molecule has 0 aromatic heterocycles. The highest BCUT2D eigenvalue weighted by molar-refractivity contribution is 9.10. The van der Waals surface area contributed by atoms with Gasteiger partial charge in [-0.1, -0.05) is 54.2 Å². The minimum absolute atomic E-state index is 0.0651. The largest absolute Gasteiger partial charge is 0.335 e. The third-order valence-corrected chi connectivity index (χ3v) is 5.23. The van der Waals surface area contributed by atoms with Crippen LogP contribution in [0.25, 0.3) is 0 Å². The molecule has 1 aliphatic carbocycles. The Bertz CT molecular complexity index is 571. The predicted molar refractivity (Wildman–Crippen MR) is 103 cm³/mol. The lowest BCUT2D eigenvalue weighted by Crippen LogP contribution is -2.51. The van der Waals surface area contributed by atoms with Crippen molar-refractivity contribution < 1.29 is 9.59 Å². The molecule has 1 aliphatic rings. The van der Waals surface area contributed by atoms with Crippen LogP contribution in [-0.2, 0) is 4.79 Å². The van der Waals surface area contributed by atoms with Gasteiger partial charge in [0.2, 0.25) is 5.91 Å². The minimum Gasteiger partial charge on any atom is -0.335 e. The molecule has 1 fully saturated rings. The number of hydrogen-bond donors (Lipinski definition) is 3. The first kappa shape index (κ1) is 19.9. The van der Waals surface area contributed by atoms with E-state index in [0.717, 1.165) is 42.1 Å². The predicted octanol–water partition coefficient (Wildman–Crippen LogP) is 4.04. The van der Waals surface area contributed by atoms with Crippen molar-refractivity contribution >= 4 is 27.9 Å². The van der Waals surface area contributed by atoms with E-state index in [-0.39, 0.29) is 24.0 Å². The summed E-state index contributed by atoms with van der Waals surface area (Å²) in [6, 6.07) is 7.46. The Morgan fingerprint density at radius 2 is 1.80 bits per heavy atom. The molecule has 3 amide bonds. The molecule has 138 valence electrons. The summed E-state index contributed by atoms with van der Waals surface area (Å²) in [6.07, 6.45) is 6.36. The van der Waals surface area contributed by atoms with Crippen LogP contribution in [0.3, 0.4) is 0 Å². The second kappa shape index (κ2) is 9.92. The van der Waals surface area contributed by atoms with E-state index in [1.54, 1.807) is 6.92 Å². The van der Waals surface area contributed by atoms with Gasteiger partial charge in [0.05, 0.1) is 6.04 Å². The van der Waals surface area contributed by atoms with Gasteiger partial charge in [0.25, 0.3) is 0 Å². The van der Waals surface area contributed by atoms with E-state index in [4.69, 9.17) is 0 Å². The highest BCUT2D eigenvalue weighted by Gasteiger charge is 2.21.